The van der Waals surface area contributed by atoms with E-state index < -0.39 is 0 Å². The molecule has 0 saturated heterocycles. The lowest BCUT2D eigenvalue weighted by Crippen LogP contribution is -1.87. The van der Waals surface area contributed by atoms with E-state index in [1.54, 1.807) is 18.2 Å². The highest BCUT2D eigenvalue weighted by atomic mass is 35.5. The maximum Gasteiger partial charge on any atom is 0.149 e. The second-order valence-electron chi connectivity index (χ2n) is 3.98. The zero-order chi connectivity index (χ0) is 11.7. The highest BCUT2D eigenvalue weighted by molar-refractivity contribution is 6.31. The molecule has 0 N–H and O–H groups in total. The first-order valence-electron chi connectivity index (χ1n) is 5.10. The molecule has 0 unspecified atom stereocenters. The van der Waals surface area contributed by atoms with Gasteiger partial charge < -0.3 is 0 Å². The van der Waals surface area contributed by atoms with Gasteiger partial charge in [-0.15, -0.1) is 0 Å². The number of hydrogen-bond acceptors (Lipinski definition) is 0. The van der Waals surface area contributed by atoms with Crippen LogP contribution in [0.1, 0.15) is 11.1 Å². The van der Waals surface area contributed by atoms with Gasteiger partial charge >= 0.3 is 0 Å². The Morgan fingerprint density at radius 2 is 1.62 bits per heavy atom. The third-order valence-corrected chi connectivity index (χ3v) is 2.78. The fourth-order valence-corrected chi connectivity index (χ4v) is 2.03. The van der Waals surface area contributed by atoms with Crippen LogP contribution in [0.4, 0.5) is 4.39 Å². The van der Waals surface area contributed by atoms with E-state index in [9.17, 15) is 4.39 Å². The van der Waals surface area contributed by atoms with E-state index in [4.69, 9.17) is 11.6 Å². The van der Waals surface area contributed by atoms with Crippen molar-refractivity contribution in [3.8, 4) is 11.1 Å². The molecule has 2 aromatic carbocycles. The summed E-state index contributed by atoms with van der Waals surface area (Å²) in [6, 6.07) is 11.0. The Kier molecular flexibility index (Phi) is 2.97. The van der Waals surface area contributed by atoms with Crippen LogP contribution < -0.4 is 0 Å². The minimum atomic E-state index is -0.353. The summed E-state index contributed by atoms with van der Waals surface area (Å²) in [4.78, 5) is 0. The number of benzene rings is 2. The molecule has 0 aliphatic carbocycles. The van der Waals surface area contributed by atoms with E-state index >= 15 is 0 Å². The average molecular weight is 235 g/mol. The van der Waals surface area contributed by atoms with Gasteiger partial charge in [-0.05, 0) is 25.5 Å². The van der Waals surface area contributed by atoms with Gasteiger partial charge in [0.05, 0.1) is 5.02 Å². The van der Waals surface area contributed by atoms with Gasteiger partial charge in [0.15, 0.2) is 0 Å². The number of hydrogen-bond donors (Lipinski definition) is 0. The maximum atomic E-state index is 13.8. The number of halogens is 2. The highest BCUT2D eigenvalue weighted by Crippen LogP contribution is 2.28. The van der Waals surface area contributed by atoms with Crippen molar-refractivity contribution in [3.63, 3.8) is 0 Å². The molecule has 0 radical (unpaired) electrons. The molecule has 0 aromatic heterocycles. The summed E-state index contributed by atoms with van der Waals surface area (Å²) >= 11 is 5.77. The van der Waals surface area contributed by atoms with Crippen LogP contribution in [0, 0.1) is 19.7 Å². The summed E-state index contributed by atoms with van der Waals surface area (Å²) in [6.45, 7) is 4.00. The van der Waals surface area contributed by atoms with Crippen LogP contribution in [0.25, 0.3) is 11.1 Å². The molecular weight excluding hydrogens is 223 g/mol. The monoisotopic (exact) mass is 234 g/mol. The number of rotatable bonds is 1. The zero-order valence-electron chi connectivity index (χ0n) is 9.22. The first kappa shape index (κ1) is 11.2. The molecule has 82 valence electrons. The van der Waals surface area contributed by atoms with Gasteiger partial charge in [-0.1, -0.05) is 53.1 Å². The van der Waals surface area contributed by atoms with Crippen LogP contribution in [0.2, 0.25) is 5.02 Å². The summed E-state index contributed by atoms with van der Waals surface area (Å²) in [7, 11) is 0. The van der Waals surface area contributed by atoms with Gasteiger partial charge in [-0.3, -0.25) is 0 Å². The molecule has 16 heavy (non-hydrogen) atoms. The van der Waals surface area contributed by atoms with Crippen LogP contribution >= 0.6 is 11.6 Å². The minimum absolute atomic E-state index is 0.164. The fraction of sp³-hybridized carbons (Fsp3) is 0.143. The topological polar surface area (TPSA) is 0 Å². The van der Waals surface area contributed by atoms with Crippen molar-refractivity contribution in [2.24, 2.45) is 0 Å². The van der Waals surface area contributed by atoms with E-state index in [-0.39, 0.29) is 10.8 Å². The first-order valence-corrected chi connectivity index (χ1v) is 5.48. The Balaban J connectivity index is 2.63. The molecule has 0 atom stereocenters. The Hall–Kier alpha value is -1.34. The van der Waals surface area contributed by atoms with E-state index in [0.29, 0.717) is 5.56 Å². The summed E-state index contributed by atoms with van der Waals surface area (Å²) in [5.41, 5.74) is 3.67. The molecule has 2 aromatic rings. The minimum Gasteiger partial charge on any atom is -0.205 e. The second-order valence-corrected chi connectivity index (χ2v) is 4.38. The van der Waals surface area contributed by atoms with Gasteiger partial charge in [0.25, 0.3) is 0 Å². The van der Waals surface area contributed by atoms with Crippen molar-refractivity contribution in [3.05, 3.63) is 58.4 Å². The predicted molar refractivity (Wildman–Crippen MR) is 66.3 cm³/mol. The molecule has 0 amide bonds. The molecular formula is C14H12ClF. The van der Waals surface area contributed by atoms with Gasteiger partial charge in [-0.2, -0.15) is 0 Å². The Morgan fingerprint density at radius 1 is 1.00 bits per heavy atom. The van der Waals surface area contributed by atoms with Crippen molar-refractivity contribution in [2.75, 3.05) is 0 Å². The van der Waals surface area contributed by atoms with Gasteiger partial charge in [0.1, 0.15) is 5.82 Å². The maximum absolute atomic E-state index is 13.8. The Morgan fingerprint density at radius 3 is 2.25 bits per heavy atom. The van der Waals surface area contributed by atoms with Gasteiger partial charge in [0.2, 0.25) is 0 Å². The molecule has 0 fully saturated rings. The molecule has 0 nitrogen and oxygen atoms in total. The van der Waals surface area contributed by atoms with Crippen LogP contribution in [0.15, 0.2) is 36.4 Å². The van der Waals surface area contributed by atoms with Crippen molar-refractivity contribution < 1.29 is 4.39 Å². The molecule has 2 rings (SSSR count). The molecule has 0 aliphatic rings. The zero-order valence-corrected chi connectivity index (χ0v) is 9.98. The largest absolute Gasteiger partial charge is 0.205 e. The van der Waals surface area contributed by atoms with Crippen LogP contribution in [-0.4, -0.2) is 0 Å². The van der Waals surface area contributed by atoms with Crippen molar-refractivity contribution in [2.45, 2.75) is 13.8 Å². The highest BCUT2D eigenvalue weighted by Gasteiger charge is 2.08. The fourth-order valence-electron chi connectivity index (χ4n) is 1.86. The van der Waals surface area contributed by atoms with Crippen molar-refractivity contribution >= 4 is 11.6 Å². The summed E-state index contributed by atoms with van der Waals surface area (Å²) in [6.07, 6.45) is 0. The quantitative estimate of drug-likeness (QED) is 0.667. The lowest BCUT2D eigenvalue weighted by Gasteiger charge is -2.07. The summed E-state index contributed by atoms with van der Waals surface area (Å²) in [5, 5.41) is 0.164. The molecule has 0 aliphatic heterocycles. The summed E-state index contributed by atoms with van der Waals surface area (Å²) < 4.78 is 13.8. The average Bonchev–Trinajstić information content (AvgIpc) is 2.20. The normalized spacial score (nSPS) is 10.5. The smallest absolute Gasteiger partial charge is 0.149 e. The molecule has 0 bridgehead atoms. The number of aryl methyl sites for hydroxylation is 2. The SMILES string of the molecule is Cc1cc(C)cc(-c2cccc(Cl)c2F)c1. The van der Waals surface area contributed by atoms with Gasteiger partial charge in [0, 0.05) is 5.56 Å². The van der Waals surface area contributed by atoms with Crippen LogP contribution in [-0.2, 0) is 0 Å². The third-order valence-electron chi connectivity index (χ3n) is 2.48. The van der Waals surface area contributed by atoms with Crippen molar-refractivity contribution in [1.82, 2.24) is 0 Å². The second kappa shape index (κ2) is 4.26. The third kappa shape index (κ3) is 2.10. The first-order chi connectivity index (χ1) is 7.58. The van der Waals surface area contributed by atoms with Crippen molar-refractivity contribution in [1.29, 1.82) is 0 Å². The molecule has 0 saturated carbocycles. The molecule has 2 heteroatoms. The van der Waals surface area contributed by atoms with E-state index in [2.05, 4.69) is 6.07 Å². The van der Waals surface area contributed by atoms with E-state index in [1.807, 2.05) is 26.0 Å². The Labute approximate surface area is 99.7 Å². The molecule has 0 heterocycles. The summed E-state index contributed by atoms with van der Waals surface area (Å²) in [5.74, 6) is -0.353. The predicted octanol–water partition coefficient (Wildman–Crippen LogP) is 4.76. The molecule has 0 spiro atoms. The standard InChI is InChI=1S/C14H12ClF/c1-9-6-10(2)8-11(7-9)12-4-3-5-13(15)14(12)16/h3-8H,1-2H3. The van der Waals surface area contributed by atoms with Crippen LogP contribution in [0.5, 0.6) is 0 Å². The van der Waals surface area contributed by atoms with Gasteiger partial charge in [-0.25, -0.2) is 4.39 Å². The lowest BCUT2D eigenvalue weighted by molar-refractivity contribution is 0.632. The Bertz CT molecular complexity index is 512. The van der Waals surface area contributed by atoms with E-state index in [1.165, 1.54) is 0 Å². The van der Waals surface area contributed by atoms with Crippen LogP contribution in [0.3, 0.4) is 0 Å². The van der Waals surface area contributed by atoms with E-state index in [0.717, 1.165) is 16.7 Å². The lowest BCUT2D eigenvalue weighted by atomic mass is 10.0.